The second-order valence-electron chi connectivity index (χ2n) is 2.18. The number of alkyl halides is 4. The maximum Gasteiger partial charge on any atom is 1.00 e. The standard InChI is InChI=1S/C3H2F4O2.C2H2O4.BH3O3.Li/c4-1(2(8)9)3(5,6)7;3-1(4)2(5)6;2-1(3)4;/h1H,(H,8,9);(H,3,4)(H,5,6);2-4H;/q;;;+1/p-1. The molecule has 0 amide bonds. The number of carbonyl (C=O) groups excluding carboxylic acids is 1. The van der Waals surface area contributed by atoms with E-state index in [-0.39, 0.29) is 18.9 Å². The minimum Gasteiger partial charge on any atom is -0.547 e. The summed E-state index contributed by atoms with van der Waals surface area (Å²) in [5, 5.41) is 45.4. The third-order valence-electron chi connectivity index (χ3n) is 0.677. The summed E-state index contributed by atoms with van der Waals surface area (Å²) >= 11 is 0. The molecule has 0 spiro atoms. The molecule has 0 aliphatic rings. The Balaban J connectivity index is -0.000000102. The zero-order valence-electron chi connectivity index (χ0n) is 9.54. The summed E-state index contributed by atoms with van der Waals surface area (Å²) in [6.07, 6.45) is -9.23. The van der Waals surface area contributed by atoms with Crippen LogP contribution in [-0.2, 0) is 14.4 Å². The van der Waals surface area contributed by atoms with E-state index >= 15 is 0 Å². The number of carboxylic acid groups (broad SMARTS) is 3. The summed E-state index contributed by atoms with van der Waals surface area (Å²) in [6.45, 7) is 0. The summed E-state index contributed by atoms with van der Waals surface area (Å²) in [5.74, 6) is -6.41. The van der Waals surface area contributed by atoms with Gasteiger partial charge in [-0.05, 0) is 0 Å². The first kappa shape index (κ1) is 27.1. The normalized spacial score (nSPS) is 10.3. The zero-order chi connectivity index (χ0) is 16.4. The average Bonchev–Trinajstić information content (AvgIpc) is 2.14. The number of carbonyl (C=O) groups is 3. The van der Waals surface area contributed by atoms with Gasteiger partial charge in [0.15, 0.2) is 0 Å². The van der Waals surface area contributed by atoms with Crippen LogP contribution in [0.15, 0.2) is 0 Å². The van der Waals surface area contributed by atoms with Crippen LogP contribution >= 0.6 is 0 Å². The zero-order valence-corrected chi connectivity index (χ0v) is 9.54. The van der Waals surface area contributed by atoms with Gasteiger partial charge in [0.25, 0.3) is 0 Å². The molecule has 0 aliphatic carbocycles. The predicted molar refractivity (Wildman–Crippen MR) is 43.6 cm³/mol. The molecule has 0 aromatic carbocycles. The van der Waals surface area contributed by atoms with Crippen LogP contribution in [0.2, 0.25) is 0 Å². The van der Waals surface area contributed by atoms with E-state index in [4.69, 9.17) is 44.8 Å². The Morgan fingerprint density at radius 1 is 1.00 bits per heavy atom. The largest absolute Gasteiger partial charge is 1.00 e. The molecule has 1 unspecified atom stereocenters. The molecule has 112 valence electrons. The molecule has 0 bridgehead atoms. The summed E-state index contributed by atoms with van der Waals surface area (Å²) in [6, 6.07) is 0. The van der Waals surface area contributed by atoms with Crippen LogP contribution in [0.1, 0.15) is 0 Å². The van der Waals surface area contributed by atoms with Crippen molar-refractivity contribution in [2.45, 2.75) is 12.3 Å². The number of rotatable bonds is 1. The summed E-state index contributed by atoms with van der Waals surface area (Å²) in [7, 11) is -2.17. The average molecular weight is 304 g/mol. The van der Waals surface area contributed by atoms with Crippen molar-refractivity contribution in [3.63, 3.8) is 0 Å². The molecular weight excluding hydrogens is 298 g/mol. The van der Waals surface area contributed by atoms with E-state index in [0.717, 1.165) is 0 Å². The fraction of sp³-hybridized carbons (Fsp3) is 0.400. The number of halogens is 4. The maximum atomic E-state index is 11.2. The van der Waals surface area contributed by atoms with E-state index in [1.807, 2.05) is 0 Å². The van der Waals surface area contributed by atoms with E-state index in [1.165, 1.54) is 0 Å². The van der Waals surface area contributed by atoms with Gasteiger partial charge >= 0.3 is 44.3 Å². The predicted octanol–water partition coefficient (Wildman–Crippen LogP) is -6.26. The summed E-state index contributed by atoms with van der Waals surface area (Å²) in [5.41, 5.74) is 0. The molecule has 0 saturated carbocycles. The van der Waals surface area contributed by atoms with Gasteiger partial charge in [-0.2, -0.15) is 13.2 Å². The number of hydrogen-bond acceptors (Lipinski definition) is 7. The number of hydrogen-bond donors (Lipinski definition) is 5. The Hall–Kier alpha value is -1.33. The van der Waals surface area contributed by atoms with E-state index in [9.17, 15) is 17.6 Å². The summed E-state index contributed by atoms with van der Waals surface area (Å²) in [4.78, 5) is 27.3. The molecular formula is C5H6BF4LiO9. The van der Waals surface area contributed by atoms with Gasteiger partial charge in [-0.15, -0.1) is 0 Å². The minimum atomic E-state index is -5.35. The van der Waals surface area contributed by atoms with Gasteiger partial charge in [-0.25, -0.2) is 14.0 Å². The van der Waals surface area contributed by atoms with Crippen molar-refractivity contribution in [3.05, 3.63) is 0 Å². The van der Waals surface area contributed by atoms with Crippen LogP contribution in [-0.4, -0.2) is 62.9 Å². The van der Waals surface area contributed by atoms with Crippen LogP contribution in [0.5, 0.6) is 0 Å². The van der Waals surface area contributed by atoms with E-state index < -0.39 is 37.6 Å². The monoisotopic (exact) mass is 304 g/mol. The summed E-state index contributed by atoms with van der Waals surface area (Å²) < 4.78 is 44.0. The van der Waals surface area contributed by atoms with Crippen molar-refractivity contribution < 1.29 is 81.2 Å². The van der Waals surface area contributed by atoms with Gasteiger partial charge in [-0.1, -0.05) is 0 Å². The molecule has 20 heavy (non-hydrogen) atoms. The fourth-order valence-corrected chi connectivity index (χ4v) is 0.134. The van der Waals surface area contributed by atoms with Crippen molar-refractivity contribution in [3.8, 4) is 0 Å². The quantitative estimate of drug-likeness (QED) is 0.179. The Labute approximate surface area is 119 Å². The number of carboxylic acids is 3. The third-order valence-corrected chi connectivity index (χ3v) is 0.677. The second-order valence-corrected chi connectivity index (χ2v) is 2.18. The third kappa shape index (κ3) is 25.5. The van der Waals surface area contributed by atoms with Crippen molar-refractivity contribution >= 4 is 25.2 Å². The Morgan fingerprint density at radius 2 is 1.20 bits per heavy atom. The second kappa shape index (κ2) is 12.7. The first-order valence-electron chi connectivity index (χ1n) is 3.65. The number of aliphatic carboxylic acids is 3. The topological polar surface area (TPSA) is 175 Å². The van der Waals surface area contributed by atoms with Crippen molar-refractivity contribution in [1.82, 2.24) is 0 Å². The van der Waals surface area contributed by atoms with Crippen LogP contribution in [0.25, 0.3) is 0 Å². The first-order chi connectivity index (χ1) is 8.23. The van der Waals surface area contributed by atoms with E-state index in [1.54, 1.807) is 0 Å². The molecule has 9 nitrogen and oxygen atoms in total. The molecule has 0 fully saturated rings. The Bertz CT molecular complexity index is 294. The van der Waals surface area contributed by atoms with Crippen LogP contribution in [0.4, 0.5) is 17.6 Å². The molecule has 1 atom stereocenters. The molecule has 0 rings (SSSR count). The fourth-order valence-electron chi connectivity index (χ4n) is 0.134. The van der Waals surface area contributed by atoms with Crippen LogP contribution in [0, 0.1) is 0 Å². The van der Waals surface area contributed by atoms with Gasteiger partial charge in [0.2, 0.25) is 6.17 Å². The SMILES string of the molecule is O=C(O)C(=O)O.O=C([O-])C(F)C(F)(F)F.OB(O)O.[Li+]. The van der Waals surface area contributed by atoms with E-state index in [0.29, 0.717) is 0 Å². The van der Waals surface area contributed by atoms with Gasteiger partial charge < -0.3 is 35.2 Å². The molecule has 0 radical (unpaired) electrons. The molecule has 0 aromatic rings. The van der Waals surface area contributed by atoms with Gasteiger partial charge in [-0.3, -0.25) is 0 Å². The molecule has 15 heteroatoms. The van der Waals surface area contributed by atoms with Crippen molar-refractivity contribution in [2.24, 2.45) is 0 Å². The molecule has 0 saturated heterocycles. The van der Waals surface area contributed by atoms with Crippen LogP contribution in [0.3, 0.4) is 0 Å². The van der Waals surface area contributed by atoms with E-state index in [2.05, 4.69) is 0 Å². The van der Waals surface area contributed by atoms with Gasteiger partial charge in [0.05, 0.1) is 5.97 Å². The smallest absolute Gasteiger partial charge is 0.547 e. The van der Waals surface area contributed by atoms with Gasteiger partial charge in [0, 0.05) is 0 Å². The van der Waals surface area contributed by atoms with Crippen LogP contribution < -0.4 is 24.0 Å². The maximum absolute atomic E-state index is 11.2. The molecule has 5 N–H and O–H groups in total. The first-order valence-corrected chi connectivity index (χ1v) is 3.65. The molecule has 0 heterocycles. The van der Waals surface area contributed by atoms with Crippen molar-refractivity contribution in [2.75, 3.05) is 0 Å². The Kier molecular flexibility index (Phi) is 17.2. The molecule has 0 aromatic heterocycles. The molecule has 0 aliphatic heterocycles. The Morgan fingerprint density at radius 3 is 1.20 bits per heavy atom. The minimum absolute atomic E-state index is 0. The van der Waals surface area contributed by atoms with Gasteiger partial charge in [0.1, 0.15) is 0 Å². The van der Waals surface area contributed by atoms with Crippen molar-refractivity contribution in [1.29, 1.82) is 0 Å².